The Hall–Kier alpha value is -4.77. The van der Waals surface area contributed by atoms with Crippen molar-refractivity contribution in [2.75, 3.05) is 76.6 Å². The van der Waals surface area contributed by atoms with E-state index in [1.54, 1.807) is 14.7 Å². The van der Waals surface area contributed by atoms with Gasteiger partial charge in [0.15, 0.2) is 6.10 Å². The first-order valence-corrected chi connectivity index (χ1v) is 21.4. The molecule has 0 aromatic heterocycles. The number of urea groups is 1. The summed E-state index contributed by atoms with van der Waals surface area (Å²) in [6, 6.07) is 9.57. The Morgan fingerprint density at radius 2 is 1.55 bits per heavy atom. The van der Waals surface area contributed by atoms with Crippen LogP contribution in [0.1, 0.15) is 68.1 Å². The molecule has 7 rings (SSSR count). The van der Waals surface area contributed by atoms with Gasteiger partial charge in [-0.2, -0.15) is 13.2 Å². The second kappa shape index (κ2) is 18.9. The number of para-hydroxylation sites is 1. The van der Waals surface area contributed by atoms with Crippen LogP contribution >= 0.6 is 11.6 Å². The second-order valence-electron chi connectivity index (χ2n) is 16.4. The lowest BCUT2D eigenvalue weighted by Crippen LogP contribution is -2.53. The number of nitrogens with one attached hydrogen (secondary N) is 1. The second-order valence-corrected chi connectivity index (χ2v) is 16.8. The highest BCUT2D eigenvalue weighted by atomic mass is 35.5. The summed E-state index contributed by atoms with van der Waals surface area (Å²) in [5.41, 5.74) is 5.78. The van der Waals surface area contributed by atoms with Crippen molar-refractivity contribution in [3.05, 3.63) is 58.1 Å². The van der Waals surface area contributed by atoms with Crippen LogP contribution in [0.15, 0.2) is 36.4 Å². The van der Waals surface area contributed by atoms with Crippen molar-refractivity contribution in [2.45, 2.75) is 88.6 Å². The zero-order chi connectivity index (χ0) is 42.6. The molecule has 14 nitrogen and oxygen atoms in total. The van der Waals surface area contributed by atoms with Gasteiger partial charge in [-0.15, -0.1) is 0 Å². The molecular formula is C42H53ClF3N7O7. The monoisotopic (exact) mass is 859 g/mol. The van der Waals surface area contributed by atoms with Crippen LogP contribution in [0, 0.1) is 5.92 Å². The smallest absolute Gasteiger partial charge is 0.418 e. The minimum atomic E-state index is -4.80. The number of amides is 5. The Balaban J connectivity index is 0.943. The molecule has 0 spiro atoms. The van der Waals surface area contributed by atoms with Gasteiger partial charge in [-0.1, -0.05) is 29.8 Å². The molecule has 5 amide bonds. The maximum atomic E-state index is 14.2. The van der Waals surface area contributed by atoms with Gasteiger partial charge in [-0.25, -0.2) is 9.59 Å². The van der Waals surface area contributed by atoms with Gasteiger partial charge < -0.3 is 45.0 Å². The zero-order valence-electron chi connectivity index (χ0n) is 33.6. The Bertz CT molecular complexity index is 1910. The lowest BCUT2D eigenvalue weighted by atomic mass is 9.93. The number of piperidine rings is 3. The number of esters is 1. The van der Waals surface area contributed by atoms with Crippen molar-refractivity contribution < 1.29 is 46.6 Å². The predicted octanol–water partition coefficient (Wildman–Crippen LogP) is 5.41. The number of nitrogens with two attached hydrogens (primary N) is 1. The van der Waals surface area contributed by atoms with E-state index in [-0.39, 0.29) is 72.6 Å². The molecule has 5 heterocycles. The van der Waals surface area contributed by atoms with E-state index in [1.807, 2.05) is 24.3 Å². The number of hydrogen-bond donors (Lipinski definition) is 2. The number of fused-ring (bicyclic) bond motifs is 1. The molecule has 0 aliphatic carbocycles. The van der Waals surface area contributed by atoms with E-state index in [2.05, 4.69) is 10.2 Å². The minimum Gasteiger partial charge on any atom is -0.464 e. The van der Waals surface area contributed by atoms with Gasteiger partial charge in [-0.3, -0.25) is 14.4 Å². The molecule has 0 radical (unpaired) electrons. The summed E-state index contributed by atoms with van der Waals surface area (Å²) in [7, 11) is 0. The summed E-state index contributed by atoms with van der Waals surface area (Å²) in [4.78, 5) is 74.5. The molecule has 0 saturated carbocycles. The van der Waals surface area contributed by atoms with Crippen molar-refractivity contribution in [3.8, 4) is 0 Å². The molecular weight excluding hydrogens is 807 g/mol. The Morgan fingerprint density at radius 1 is 0.867 bits per heavy atom. The van der Waals surface area contributed by atoms with E-state index < -0.39 is 35.5 Å². The number of anilines is 2. The number of halogens is 4. The summed E-state index contributed by atoms with van der Waals surface area (Å²) in [6.07, 6.45) is -1.82. The highest BCUT2D eigenvalue weighted by Crippen LogP contribution is 2.38. The summed E-state index contributed by atoms with van der Waals surface area (Å²) < 4.78 is 53.2. The number of ether oxygens (including phenoxy) is 2. The van der Waals surface area contributed by atoms with Gasteiger partial charge in [0.25, 0.3) is 5.91 Å². The average molecular weight is 860 g/mol. The molecule has 1 atom stereocenters. The third kappa shape index (κ3) is 10.2. The SMILES string of the molecule is Nc1c(Cl)cc(C[C@@H](OC(=O)N2CCC(N3CCc4ccccc4NC3=O)CC2)C(=O)N2CCC(N3CCC(C(=O)OCCN4CCCC4=O)CC3)CC2)cc1C(F)(F)F. The van der Waals surface area contributed by atoms with Crippen LogP contribution in [0.4, 0.5) is 34.1 Å². The molecule has 18 heteroatoms. The van der Waals surface area contributed by atoms with Crippen LogP contribution in [0.5, 0.6) is 0 Å². The third-order valence-electron chi connectivity index (χ3n) is 12.7. The number of nitrogens with zero attached hydrogens (tertiary/aromatic N) is 5. The van der Waals surface area contributed by atoms with Crippen molar-refractivity contribution in [1.29, 1.82) is 0 Å². The van der Waals surface area contributed by atoms with Crippen LogP contribution in [0.2, 0.25) is 5.02 Å². The number of nitrogen functional groups attached to an aromatic ring is 1. The molecule has 0 bridgehead atoms. The maximum absolute atomic E-state index is 14.2. The quantitative estimate of drug-likeness (QED) is 0.236. The van der Waals surface area contributed by atoms with E-state index >= 15 is 0 Å². The number of carbonyl (C=O) groups is 5. The molecule has 2 aromatic rings. The Morgan fingerprint density at radius 3 is 2.23 bits per heavy atom. The first kappa shape index (κ1) is 43.3. The van der Waals surface area contributed by atoms with E-state index in [0.717, 1.165) is 23.7 Å². The number of rotatable bonds is 10. The van der Waals surface area contributed by atoms with Crippen molar-refractivity contribution in [2.24, 2.45) is 5.92 Å². The fourth-order valence-electron chi connectivity index (χ4n) is 9.18. The minimum absolute atomic E-state index is 0.0420. The molecule has 60 heavy (non-hydrogen) atoms. The zero-order valence-corrected chi connectivity index (χ0v) is 34.4. The van der Waals surface area contributed by atoms with Crippen LogP contribution in [-0.4, -0.2) is 138 Å². The first-order valence-electron chi connectivity index (χ1n) is 21.0. The standard InChI is InChI=1S/C42H53ClF3N7O7/c43-33-25-27(24-32(37(33)47)42(44,45)46)26-35(60-41(58)52-19-12-31(13-20-52)53-21-9-28-4-1-2-5-34(28)48-40(53)57)38(55)51-17-10-30(11-18-51)49-15-7-29(8-16-49)39(56)59-23-22-50-14-3-6-36(50)54/h1-2,4-5,24-25,29-31,35H,3,6-23,26,47H2,(H,48,57)/t35-/m1/s1. The number of hydrogen-bond acceptors (Lipinski definition) is 9. The molecule has 4 fully saturated rings. The molecule has 5 aliphatic rings. The van der Waals surface area contributed by atoms with Crippen LogP contribution in [0.25, 0.3) is 0 Å². The topological polar surface area (TPSA) is 158 Å². The fraction of sp³-hybridized carbons (Fsp3) is 0.595. The summed E-state index contributed by atoms with van der Waals surface area (Å²) in [5, 5.41) is 2.66. The summed E-state index contributed by atoms with van der Waals surface area (Å²) >= 11 is 6.14. The van der Waals surface area contributed by atoms with Gasteiger partial charge in [-0.05, 0) is 93.8 Å². The fourth-order valence-corrected chi connectivity index (χ4v) is 9.43. The van der Waals surface area contributed by atoms with Crippen LogP contribution < -0.4 is 11.1 Å². The summed E-state index contributed by atoms with van der Waals surface area (Å²) in [6.45, 7) is 4.41. The van der Waals surface area contributed by atoms with Gasteiger partial charge in [0.1, 0.15) is 6.61 Å². The number of benzene rings is 2. The largest absolute Gasteiger partial charge is 0.464 e. The lowest BCUT2D eigenvalue weighted by molar-refractivity contribution is -0.152. The average Bonchev–Trinajstić information content (AvgIpc) is 3.57. The normalized spacial score (nSPS) is 20.7. The van der Waals surface area contributed by atoms with Gasteiger partial charge >= 0.3 is 24.3 Å². The molecule has 0 unspecified atom stereocenters. The molecule has 3 N–H and O–H groups in total. The van der Waals surface area contributed by atoms with E-state index in [1.165, 1.54) is 11.0 Å². The van der Waals surface area contributed by atoms with Gasteiger partial charge in [0.05, 0.1) is 28.7 Å². The third-order valence-corrected chi connectivity index (χ3v) is 13.0. The molecule has 326 valence electrons. The molecule has 4 saturated heterocycles. The maximum Gasteiger partial charge on any atom is 0.418 e. The van der Waals surface area contributed by atoms with Crippen molar-refractivity contribution in [3.63, 3.8) is 0 Å². The van der Waals surface area contributed by atoms with E-state index in [4.69, 9.17) is 26.8 Å². The van der Waals surface area contributed by atoms with Crippen molar-refractivity contribution >= 4 is 52.9 Å². The first-order chi connectivity index (χ1) is 28.7. The van der Waals surface area contributed by atoms with Gasteiger partial charge in [0, 0.05) is 69.9 Å². The summed E-state index contributed by atoms with van der Waals surface area (Å²) in [5.74, 6) is -0.886. The molecule has 5 aliphatic heterocycles. The van der Waals surface area contributed by atoms with Crippen molar-refractivity contribution in [1.82, 2.24) is 24.5 Å². The van der Waals surface area contributed by atoms with Crippen LogP contribution in [-0.2, 0) is 42.9 Å². The molecule has 2 aromatic carbocycles. The number of likely N-dealkylation sites (tertiary alicyclic amines) is 4. The van der Waals surface area contributed by atoms with E-state index in [0.29, 0.717) is 97.2 Å². The Labute approximate surface area is 352 Å². The lowest BCUT2D eigenvalue weighted by Gasteiger charge is -2.42. The number of carbonyl (C=O) groups excluding carboxylic acids is 5. The highest BCUT2D eigenvalue weighted by Gasteiger charge is 2.39. The number of alkyl halides is 3. The predicted molar refractivity (Wildman–Crippen MR) is 216 cm³/mol. The van der Waals surface area contributed by atoms with Gasteiger partial charge in [0.2, 0.25) is 5.91 Å². The van der Waals surface area contributed by atoms with E-state index in [9.17, 15) is 37.1 Å². The van der Waals surface area contributed by atoms with Crippen LogP contribution in [0.3, 0.4) is 0 Å². The Kier molecular flexibility index (Phi) is 13.6. The highest BCUT2D eigenvalue weighted by molar-refractivity contribution is 6.33.